The van der Waals surface area contributed by atoms with E-state index in [1.165, 1.54) is 6.08 Å². The van der Waals surface area contributed by atoms with Crippen LogP contribution in [-0.2, 0) is 27.4 Å². The topological polar surface area (TPSA) is 83.9 Å². The van der Waals surface area contributed by atoms with Crippen LogP contribution in [-0.4, -0.2) is 71.5 Å². The third-order valence-corrected chi connectivity index (χ3v) is 6.40. The number of rotatable bonds is 9. The van der Waals surface area contributed by atoms with Crippen molar-refractivity contribution in [3.63, 3.8) is 0 Å². The van der Waals surface area contributed by atoms with E-state index in [1.807, 2.05) is 51.1 Å². The normalized spacial score (nSPS) is 14.3. The average Bonchev–Trinajstić information content (AvgIpc) is 3.10. The molecule has 8 nitrogen and oxygen atoms in total. The van der Waals surface area contributed by atoms with Gasteiger partial charge in [0.05, 0.1) is 18.7 Å². The molecule has 2 heterocycles. The number of nitrogens with zero attached hydrogens (tertiary/aromatic N) is 3. The molecule has 0 radical (unpaired) electrons. The third-order valence-electron chi connectivity index (χ3n) is 6.40. The molecule has 1 aromatic heterocycles. The number of esters is 1. The first kappa shape index (κ1) is 26.2. The van der Waals surface area contributed by atoms with Gasteiger partial charge in [-0.1, -0.05) is 30.3 Å². The van der Waals surface area contributed by atoms with Gasteiger partial charge in [0.15, 0.2) is 0 Å². The summed E-state index contributed by atoms with van der Waals surface area (Å²) < 4.78 is 7.31. The number of aromatic nitrogens is 1. The van der Waals surface area contributed by atoms with Crippen LogP contribution in [0.25, 0.3) is 6.08 Å². The molecule has 0 saturated carbocycles. The quantitative estimate of drug-likeness (QED) is 0.441. The number of ether oxygens (including phenoxy) is 1. The first-order valence-electron chi connectivity index (χ1n) is 12.2. The van der Waals surface area contributed by atoms with Gasteiger partial charge in [0, 0.05) is 62.3 Å². The lowest BCUT2D eigenvalue weighted by Crippen LogP contribution is -2.50. The lowest BCUT2D eigenvalue weighted by molar-refractivity contribution is -0.128. The van der Waals surface area contributed by atoms with Crippen LogP contribution in [0.5, 0.6) is 0 Å². The van der Waals surface area contributed by atoms with Gasteiger partial charge in [-0.15, -0.1) is 0 Å². The van der Waals surface area contributed by atoms with Gasteiger partial charge < -0.3 is 19.5 Å². The van der Waals surface area contributed by atoms with Crippen LogP contribution in [0.4, 0.5) is 0 Å². The molecule has 0 bridgehead atoms. The second-order valence-electron chi connectivity index (χ2n) is 8.62. The van der Waals surface area contributed by atoms with E-state index < -0.39 is 0 Å². The zero-order chi connectivity index (χ0) is 25.4. The van der Waals surface area contributed by atoms with E-state index in [1.54, 1.807) is 17.9 Å². The molecule has 3 rings (SSSR count). The molecule has 1 N–H and O–H groups in total. The maximum atomic E-state index is 12.9. The molecule has 1 aromatic carbocycles. The Labute approximate surface area is 207 Å². The summed E-state index contributed by atoms with van der Waals surface area (Å²) in [4.78, 5) is 41.5. The van der Waals surface area contributed by atoms with Crippen molar-refractivity contribution in [2.45, 2.75) is 40.8 Å². The predicted molar refractivity (Wildman–Crippen MR) is 136 cm³/mol. The third kappa shape index (κ3) is 6.60. The molecule has 2 amide bonds. The molecule has 1 aliphatic heterocycles. The fourth-order valence-corrected chi connectivity index (χ4v) is 4.49. The summed E-state index contributed by atoms with van der Waals surface area (Å²) in [5, 5.41) is 2.95. The zero-order valence-electron chi connectivity index (χ0n) is 21.2. The number of hydrogen-bond acceptors (Lipinski definition) is 5. The number of carbonyl (C=O) groups is 3. The van der Waals surface area contributed by atoms with Crippen molar-refractivity contribution >= 4 is 23.9 Å². The summed E-state index contributed by atoms with van der Waals surface area (Å²) >= 11 is 0. The fraction of sp³-hybridized carbons (Fsp3) is 0.444. The monoisotopic (exact) mass is 480 g/mol. The first-order valence-corrected chi connectivity index (χ1v) is 12.2. The molecule has 0 spiro atoms. The Morgan fingerprint density at radius 2 is 1.69 bits per heavy atom. The maximum Gasteiger partial charge on any atom is 0.340 e. The SMILES string of the molecule is CCOC(=O)c1c(/C=C/C(=O)N2CCN(CC(=O)NCc3ccccc3)CC2)c(C)n(CC)c1C. The van der Waals surface area contributed by atoms with Crippen LogP contribution >= 0.6 is 0 Å². The Morgan fingerprint density at radius 3 is 2.31 bits per heavy atom. The van der Waals surface area contributed by atoms with E-state index >= 15 is 0 Å². The number of nitrogens with one attached hydrogen (secondary N) is 1. The minimum Gasteiger partial charge on any atom is -0.462 e. The molecule has 2 aromatic rings. The van der Waals surface area contributed by atoms with Crippen LogP contribution in [0.1, 0.15) is 46.7 Å². The molecule has 0 unspecified atom stereocenters. The molecule has 35 heavy (non-hydrogen) atoms. The highest BCUT2D eigenvalue weighted by Gasteiger charge is 2.24. The largest absolute Gasteiger partial charge is 0.462 e. The summed E-state index contributed by atoms with van der Waals surface area (Å²) in [5.41, 5.74) is 4.08. The van der Waals surface area contributed by atoms with Crippen molar-refractivity contribution in [3.05, 3.63) is 64.5 Å². The van der Waals surface area contributed by atoms with Crippen LogP contribution in [0.3, 0.4) is 0 Å². The highest BCUT2D eigenvalue weighted by molar-refractivity contribution is 5.98. The average molecular weight is 481 g/mol. The molecule has 1 saturated heterocycles. The Hall–Kier alpha value is -3.39. The van der Waals surface area contributed by atoms with Gasteiger partial charge in [-0.3, -0.25) is 14.5 Å². The minimum atomic E-state index is -0.369. The smallest absolute Gasteiger partial charge is 0.340 e. The summed E-state index contributed by atoms with van der Waals surface area (Å²) in [6.45, 7) is 11.9. The number of piperazine rings is 1. The van der Waals surface area contributed by atoms with Gasteiger partial charge in [0.2, 0.25) is 11.8 Å². The van der Waals surface area contributed by atoms with Crippen LogP contribution < -0.4 is 5.32 Å². The molecular formula is C27H36N4O4. The number of benzene rings is 1. The van der Waals surface area contributed by atoms with E-state index in [-0.39, 0.29) is 17.8 Å². The predicted octanol–water partition coefficient (Wildman–Crippen LogP) is 2.78. The standard InChI is InChI=1S/C27H36N4O4/c1-5-31-20(3)23(26(21(31)4)27(34)35-6-2)12-13-25(33)30-16-14-29(15-17-30)19-24(32)28-18-22-10-8-7-9-11-22/h7-13H,5-6,14-19H2,1-4H3,(H,28,32)/b13-12+. The van der Waals surface area contributed by atoms with E-state index in [2.05, 4.69) is 14.8 Å². The highest BCUT2D eigenvalue weighted by Crippen LogP contribution is 2.25. The first-order chi connectivity index (χ1) is 16.8. The molecule has 0 atom stereocenters. The van der Waals surface area contributed by atoms with E-state index in [0.29, 0.717) is 51.4 Å². The van der Waals surface area contributed by atoms with Gasteiger partial charge in [-0.25, -0.2) is 4.79 Å². The van der Waals surface area contributed by atoms with Gasteiger partial charge in [-0.2, -0.15) is 0 Å². The second-order valence-corrected chi connectivity index (χ2v) is 8.62. The fourth-order valence-electron chi connectivity index (χ4n) is 4.49. The van der Waals surface area contributed by atoms with Crippen molar-refractivity contribution in [2.75, 3.05) is 39.3 Å². The lowest BCUT2D eigenvalue weighted by Gasteiger charge is -2.33. The minimum absolute atomic E-state index is 0.0219. The van der Waals surface area contributed by atoms with E-state index in [4.69, 9.17) is 4.74 Å². The van der Waals surface area contributed by atoms with Gasteiger partial charge in [0.1, 0.15) is 0 Å². The molecule has 8 heteroatoms. The summed E-state index contributed by atoms with van der Waals surface area (Å²) in [6.07, 6.45) is 3.26. The molecule has 1 aliphatic rings. The van der Waals surface area contributed by atoms with Crippen LogP contribution in [0.2, 0.25) is 0 Å². The van der Waals surface area contributed by atoms with Gasteiger partial charge >= 0.3 is 5.97 Å². The van der Waals surface area contributed by atoms with Crippen molar-refractivity contribution in [1.82, 2.24) is 19.7 Å². The molecular weight excluding hydrogens is 444 g/mol. The highest BCUT2D eigenvalue weighted by atomic mass is 16.5. The number of amides is 2. The van der Waals surface area contributed by atoms with E-state index in [0.717, 1.165) is 29.1 Å². The molecule has 1 fully saturated rings. The number of carbonyl (C=O) groups excluding carboxylic acids is 3. The van der Waals surface area contributed by atoms with E-state index in [9.17, 15) is 14.4 Å². The summed E-state index contributed by atoms with van der Waals surface area (Å²) in [5.74, 6) is -0.493. The van der Waals surface area contributed by atoms with Crippen molar-refractivity contribution in [3.8, 4) is 0 Å². The van der Waals surface area contributed by atoms with Gasteiger partial charge in [0.25, 0.3) is 0 Å². The Kier molecular flexibility index (Phi) is 9.25. The van der Waals surface area contributed by atoms with Crippen molar-refractivity contribution in [2.24, 2.45) is 0 Å². The van der Waals surface area contributed by atoms with Crippen molar-refractivity contribution in [1.29, 1.82) is 0 Å². The Morgan fingerprint density at radius 1 is 1.00 bits per heavy atom. The summed E-state index contributed by atoms with van der Waals surface area (Å²) in [7, 11) is 0. The maximum absolute atomic E-state index is 12.9. The number of hydrogen-bond donors (Lipinski definition) is 1. The van der Waals surface area contributed by atoms with Gasteiger partial charge in [-0.05, 0) is 39.3 Å². The summed E-state index contributed by atoms with van der Waals surface area (Å²) in [6, 6.07) is 9.81. The second kappa shape index (κ2) is 12.4. The lowest BCUT2D eigenvalue weighted by atomic mass is 10.1. The molecule has 188 valence electrons. The Balaban J connectivity index is 1.55. The van der Waals surface area contributed by atoms with Crippen LogP contribution in [0, 0.1) is 13.8 Å². The Bertz CT molecular complexity index is 1070. The van der Waals surface area contributed by atoms with Crippen molar-refractivity contribution < 1.29 is 19.1 Å². The zero-order valence-corrected chi connectivity index (χ0v) is 21.2. The van der Waals surface area contributed by atoms with Crippen LogP contribution in [0.15, 0.2) is 36.4 Å². The molecule has 0 aliphatic carbocycles.